The molecule has 0 saturated heterocycles. The molecule has 2 aromatic heterocycles. The molecule has 0 radical (unpaired) electrons. The Balaban J connectivity index is 2.15. The molecule has 2 rings (SSSR count). The first-order valence-electron chi connectivity index (χ1n) is 6.46. The molecule has 0 spiro atoms. The van der Waals surface area contributed by atoms with Crippen molar-refractivity contribution in [2.24, 2.45) is 0 Å². The second-order valence-electron chi connectivity index (χ2n) is 4.19. The molecule has 0 atom stereocenters. The zero-order valence-corrected chi connectivity index (χ0v) is 11.8. The normalized spacial score (nSPS) is 10.3. The molecule has 2 aromatic rings. The lowest BCUT2D eigenvalue weighted by molar-refractivity contribution is 0.102. The summed E-state index contributed by atoms with van der Waals surface area (Å²) < 4.78 is 4.89. The van der Waals surface area contributed by atoms with E-state index in [2.05, 4.69) is 20.4 Å². The minimum absolute atomic E-state index is 0.294. The van der Waals surface area contributed by atoms with E-state index >= 15 is 0 Å². The maximum Gasteiger partial charge on any atom is 0.275 e. The first-order valence-corrected chi connectivity index (χ1v) is 6.46. The minimum Gasteiger partial charge on any atom is -0.360 e. The van der Waals surface area contributed by atoms with Crippen LogP contribution in [0.25, 0.3) is 0 Å². The second kappa shape index (κ2) is 6.14. The molecule has 0 fully saturated rings. The zero-order valence-electron chi connectivity index (χ0n) is 11.8. The first-order chi connectivity index (χ1) is 9.63. The van der Waals surface area contributed by atoms with Gasteiger partial charge in [0.1, 0.15) is 11.5 Å². The highest BCUT2D eigenvalue weighted by Gasteiger charge is 2.13. The smallest absolute Gasteiger partial charge is 0.275 e. The van der Waals surface area contributed by atoms with Gasteiger partial charge in [-0.05, 0) is 26.8 Å². The molecule has 0 unspecified atom stereocenters. The molecular formula is C13H17N5O2. The molecule has 7 nitrogen and oxygen atoms in total. The highest BCUT2D eigenvalue weighted by Crippen LogP contribution is 2.11. The molecule has 1 N–H and O–H groups in total. The summed E-state index contributed by atoms with van der Waals surface area (Å²) in [6.45, 7) is 7.34. The number of hydrogen-bond acceptors (Lipinski definition) is 6. The quantitative estimate of drug-likeness (QED) is 0.896. The molecule has 0 aliphatic carbocycles. The van der Waals surface area contributed by atoms with Gasteiger partial charge in [0.15, 0.2) is 5.82 Å². The molecule has 2 heterocycles. The summed E-state index contributed by atoms with van der Waals surface area (Å²) in [7, 11) is 0. The first kappa shape index (κ1) is 14.0. The molecule has 20 heavy (non-hydrogen) atoms. The average molecular weight is 275 g/mol. The third-order valence-corrected chi connectivity index (χ3v) is 2.79. The standard InChI is InChI=1S/C13H17N5O2/c1-4-18(5-2)13-14-7-6-10(15-13)12(19)16-11-8-9(3)20-17-11/h6-8H,4-5H2,1-3H3,(H,16,17,19). The maximum atomic E-state index is 12.1. The Bertz CT molecular complexity index is 592. The van der Waals surface area contributed by atoms with Crippen LogP contribution in [-0.2, 0) is 0 Å². The summed E-state index contributed by atoms with van der Waals surface area (Å²) in [5.41, 5.74) is 0.294. The van der Waals surface area contributed by atoms with Crippen molar-refractivity contribution in [1.29, 1.82) is 0 Å². The number of amides is 1. The van der Waals surface area contributed by atoms with Crippen molar-refractivity contribution in [2.45, 2.75) is 20.8 Å². The van der Waals surface area contributed by atoms with Crippen molar-refractivity contribution in [2.75, 3.05) is 23.3 Å². The highest BCUT2D eigenvalue weighted by atomic mass is 16.5. The van der Waals surface area contributed by atoms with Gasteiger partial charge in [-0.15, -0.1) is 0 Å². The minimum atomic E-state index is -0.339. The van der Waals surface area contributed by atoms with E-state index in [1.54, 1.807) is 25.3 Å². The number of carbonyl (C=O) groups is 1. The molecule has 0 aliphatic rings. The summed E-state index contributed by atoms with van der Waals surface area (Å²) >= 11 is 0. The Morgan fingerprint density at radius 2 is 2.15 bits per heavy atom. The van der Waals surface area contributed by atoms with Crippen molar-refractivity contribution < 1.29 is 9.32 Å². The maximum absolute atomic E-state index is 12.1. The van der Waals surface area contributed by atoms with Crippen LogP contribution in [0.5, 0.6) is 0 Å². The number of nitrogens with one attached hydrogen (secondary N) is 1. The Hall–Kier alpha value is -2.44. The van der Waals surface area contributed by atoms with Crippen LogP contribution in [-0.4, -0.2) is 34.1 Å². The van der Waals surface area contributed by atoms with Crippen LogP contribution in [0.1, 0.15) is 30.1 Å². The molecular weight excluding hydrogens is 258 g/mol. The predicted molar refractivity (Wildman–Crippen MR) is 74.8 cm³/mol. The largest absolute Gasteiger partial charge is 0.360 e. The molecule has 0 aliphatic heterocycles. The number of hydrogen-bond donors (Lipinski definition) is 1. The van der Waals surface area contributed by atoms with Crippen LogP contribution in [0.15, 0.2) is 22.9 Å². The number of anilines is 2. The lowest BCUT2D eigenvalue weighted by atomic mass is 10.3. The summed E-state index contributed by atoms with van der Waals surface area (Å²) in [5.74, 6) is 1.20. The SMILES string of the molecule is CCN(CC)c1nccc(C(=O)Nc2cc(C)on2)n1. The van der Waals surface area contributed by atoms with Gasteiger partial charge in [0.2, 0.25) is 5.95 Å². The van der Waals surface area contributed by atoms with Crippen molar-refractivity contribution in [3.05, 3.63) is 29.8 Å². The third-order valence-electron chi connectivity index (χ3n) is 2.79. The van der Waals surface area contributed by atoms with Crippen LogP contribution < -0.4 is 10.2 Å². The fourth-order valence-corrected chi connectivity index (χ4v) is 1.74. The molecule has 1 amide bonds. The van der Waals surface area contributed by atoms with Crippen LogP contribution in [0.3, 0.4) is 0 Å². The van der Waals surface area contributed by atoms with Gasteiger partial charge in [-0.25, -0.2) is 9.97 Å². The predicted octanol–water partition coefficient (Wildman–Crippen LogP) is 1.87. The van der Waals surface area contributed by atoms with Gasteiger partial charge in [0.25, 0.3) is 5.91 Å². The number of aromatic nitrogens is 3. The summed E-state index contributed by atoms with van der Waals surface area (Å²) in [4.78, 5) is 22.5. The van der Waals surface area contributed by atoms with E-state index in [1.807, 2.05) is 18.7 Å². The van der Waals surface area contributed by atoms with Crippen LogP contribution >= 0.6 is 0 Å². The molecule has 0 aromatic carbocycles. The van der Waals surface area contributed by atoms with Crippen molar-refractivity contribution in [3.63, 3.8) is 0 Å². The van der Waals surface area contributed by atoms with Gasteiger partial charge in [-0.1, -0.05) is 5.16 Å². The number of aryl methyl sites for hydroxylation is 1. The van der Waals surface area contributed by atoms with Gasteiger partial charge < -0.3 is 14.7 Å². The van der Waals surface area contributed by atoms with Crippen molar-refractivity contribution in [3.8, 4) is 0 Å². The average Bonchev–Trinajstić information content (AvgIpc) is 2.86. The Kier molecular flexibility index (Phi) is 4.29. The lowest BCUT2D eigenvalue weighted by Gasteiger charge is -2.18. The van der Waals surface area contributed by atoms with E-state index in [0.29, 0.717) is 23.2 Å². The van der Waals surface area contributed by atoms with Gasteiger partial charge in [0.05, 0.1) is 0 Å². The molecule has 7 heteroatoms. The molecule has 0 bridgehead atoms. The van der Waals surface area contributed by atoms with Gasteiger partial charge in [-0.3, -0.25) is 4.79 Å². The highest BCUT2D eigenvalue weighted by molar-refractivity contribution is 6.02. The van der Waals surface area contributed by atoms with Gasteiger partial charge >= 0.3 is 0 Å². The number of nitrogens with zero attached hydrogens (tertiary/aromatic N) is 4. The summed E-state index contributed by atoms with van der Waals surface area (Å²) in [6.07, 6.45) is 1.57. The topological polar surface area (TPSA) is 84.2 Å². The fraction of sp³-hybridized carbons (Fsp3) is 0.385. The Morgan fingerprint density at radius 1 is 1.40 bits per heavy atom. The lowest BCUT2D eigenvalue weighted by Crippen LogP contribution is -2.25. The van der Waals surface area contributed by atoms with E-state index in [0.717, 1.165) is 13.1 Å². The van der Waals surface area contributed by atoms with E-state index in [-0.39, 0.29) is 5.91 Å². The van der Waals surface area contributed by atoms with Crippen molar-refractivity contribution in [1.82, 2.24) is 15.1 Å². The monoisotopic (exact) mass is 275 g/mol. The fourth-order valence-electron chi connectivity index (χ4n) is 1.74. The van der Waals surface area contributed by atoms with Gasteiger partial charge in [0, 0.05) is 25.4 Å². The zero-order chi connectivity index (χ0) is 14.5. The Morgan fingerprint density at radius 3 is 2.75 bits per heavy atom. The van der Waals surface area contributed by atoms with Gasteiger partial charge in [-0.2, -0.15) is 0 Å². The van der Waals surface area contributed by atoms with Crippen LogP contribution in [0.2, 0.25) is 0 Å². The molecule has 0 saturated carbocycles. The molecule has 106 valence electrons. The Labute approximate surface area is 117 Å². The van der Waals surface area contributed by atoms with Crippen LogP contribution in [0, 0.1) is 6.92 Å². The number of rotatable bonds is 5. The van der Waals surface area contributed by atoms with E-state index < -0.39 is 0 Å². The van der Waals surface area contributed by atoms with Crippen LogP contribution in [0.4, 0.5) is 11.8 Å². The number of carbonyl (C=O) groups excluding carboxylic acids is 1. The van der Waals surface area contributed by atoms with Crippen molar-refractivity contribution >= 4 is 17.7 Å². The summed E-state index contributed by atoms with van der Waals surface area (Å²) in [5, 5.41) is 6.34. The second-order valence-corrected chi connectivity index (χ2v) is 4.19. The van der Waals surface area contributed by atoms with E-state index in [4.69, 9.17) is 4.52 Å². The third kappa shape index (κ3) is 3.11. The van der Waals surface area contributed by atoms with E-state index in [1.165, 1.54) is 0 Å². The summed E-state index contributed by atoms with van der Waals surface area (Å²) in [6, 6.07) is 3.21. The van der Waals surface area contributed by atoms with E-state index in [9.17, 15) is 4.79 Å².